The zero-order valence-corrected chi connectivity index (χ0v) is 20.7. The van der Waals surface area contributed by atoms with E-state index >= 15 is 0 Å². The summed E-state index contributed by atoms with van der Waals surface area (Å²) in [4.78, 5) is 12.5. The lowest BCUT2D eigenvalue weighted by molar-refractivity contribution is 0.414. The number of fused-ring (bicyclic) bond motifs is 2. The van der Waals surface area contributed by atoms with Crippen LogP contribution in [0.2, 0.25) is 0 Å². The normalized spacial score (nSPS) is 11.1. The van der Waals surface area contributed by atoms with E-state index in [0.717, 1.165) is 45.4 Å². The number of ether oxygens (including phenoxy) is 2. The van der Waals surface area contributed by atoms with Crippen molar-refractivity contribution in [3.05, 3.63) is 96.3 Å². The molecule has 0 N–H and O–H groups in total. The van der Waals surface area contributed by atoms with Crippen molar-refractivity contribution in [1.29, 1.82) is 0 Å². The van der Waals surface area contributed by atoms with E-state index in [1.807, 2.05) is 24.3 Å². The summed E-state index contributed by atoms with van der Waals surface area (Å²) < 4.78 is 10.6. The van der Waals surface area contributed by atoms with Gasteiger partial charge in [0, 0.05) is 21.3 Å². The molecule has 0 saturated carbocycles. The zero-order valence-electron chi connectivity index (χ0n) is 19.0. The van der Waals surface area contributed by atoms with Gasteiger partial charge in [0.25, 0.3) is 0 Å². The molecule has 0 saturated heterocycles. The topological polar surface area (TPSA) is 44.2 Å². The SMILES string of the molecule is COc1ccc(SCc2nc3cc4ccccc4cc3nc2CSc2ccc(OC)cc2)cc1. The number of thioether (sulfide) groups is 2. The van der Waals surface area contributed by atoms with Crippen LogP contribution in [-0.2, 0) is 11.5 Å². The predicted octanol–water partition coefficient (Wildman–Crippen LogP) is 7.38. The van der Waals surface area contributed by atoms with Crippen molar-refractivity contribution in [3.63, 3.8) is 0 Å². The molecule has 1 heterocycles. The minimum Gasteiger partial charge on any atom is -0.497 e. The Bertz CT molecular complexity index is 1310. The molecular formula is C28H24N2O2S2. The van der Waals surface area contributed by atoms with Gasteiger partial charge in [0.1, 0.15) is 11.5 Å². The van der Waals surface area contributed by atoms with Crippen molar-refractivity contribution in [2.45, 2.75) is 21.3 Å². The first kappa shape index (κ1) is 22.6. The average molecular weight is 485 g/mol. The summed E-state index contributed by atoms with van der Waals surface area (Å²) in [6.45, 7) is 0. The van der Waals surface area contributed by atoms with Crippen LogP contribution in [0.25, 0.3) is 21.8 Å². The van der Waals surface area contributed by atoms with Crippen LogP contribution in [0.1, 0.15) is 11.4 Å². The van der Waals surface area contributed by atoms with Gasteiger partial charge in [0.15, 0.2) is 0 Å². The molecule has 0 radical (unpaired) electrons. The maximum atomic E-state index is 5.28. The first-order chi connectivity index (χ1) is 16.7. The van der Waals surface area contributed by atoms with Crippen molar-refractivity contribution >= 4 is 45.3 Å². The Morgan fingerprint density at radius 3 is 1.38 bits per heavy atom. The van der Waals surface area contributed by atoms with Crippen LogP contribution in [0.15, 0.2) is 94.7 Å². The molecule has 0 bridgehead atoms. The molecule has 170 valence electrons. The molecule has 0 fully saturated rings. The number of benzene rings is 4. The Morgan fingerprint density at radius 1 is 0.588 bits per heavy atom. The van der Waals surface area contributed by atoms with Gasteiger partial charge in [-0.25, -0.2) is 9.97 Å². The smallest absolute Gasteiger partial charge is 0.118 e. The van der Waals surface area contributed by atoms with Gasteiger partial charge in [-0.05, 0) is 71.4 Å². The number of nitrogens with zero attached hydrogens (tertiary/aromatic N) is 2. The summed E-state index contributed by atoms with van der Waals surface area (Å²) in [6.07, 6.45) is 0. The third kappa shape index (κ3) is 5.13. The average Bonchev–Trinajstić information content (AvgIpc) is 2.90. The van der Waals surface area contributed by atoms with E-state index in [1.54, 1.807) is 37.7 Å². The maximum Gasteiger partial charge on any atom is 0.118 e. The Labute approximate surface area is 207 Å². The Kier molecular flexibility index (Phi) is 6.88. The van der Waals surface area contributed by atoms with E-state index in [0.29, 0.717) is 0 Å². The molecule has 0 atom stereocenters. The van der Waals surface area contributed by atoms with Crippen molar-refractivity contribution in [3.8, 4) is 11.5 Å². The fourth-order valence-electron chi connectivity index (χ4n) is 3.69. The van der Waals surface area contributed by atoms with E-state index < -0.39 is 0 Å². The molecule has 0 amide bonds. The van der Waals surface area contributed by atoms with Gasteiger partial charge in [-0.3, -0.25) is 0 Å². The highest BCUT2D eigenvalue weighted by molar-refractivity contribution is 7.99. The second-order valence-corrected chi connectivity index (χ2v) is 9.83. The minimum atomic E-state index is 0.751. The first-order valence-electron chi connectivity index (χ1n) is 10.9. The van der Waals surface area contributed by atoms with Crippen molar-refractivity contribution in [2.75, 3.05) is 14.2 Å². The third-order valence-electron chi connectivity index (χ3n) is 5.56. The molecule has 34 heavy (non-hydrogen) atoms. The molecular weight excluding hydrogens is 460 g/mol. The Morgan fingerprint density at radius 2 is 1.00 bits per heavy atom. The van der Waals surface area contributed by atoms with E-state index in [2.05, 4.69) is 60.7 Å². The molecule has 0 spiro atoms. The van der Waals surface area contributed by atoms with Crippen molar-refractivity contribution in [1.82, 2.24) is 9.97 Å². The molecule has 4 nitrogen and oxygen atoms in total. The number of hydrogen-bond donors (Lipinski definition) is 0. The van der Waals surface area contributed by atoms with E-state index in [1.165, 1.54) is 20.6 Å². The Hall–Kier alpha value is -3.22. The molecule has 5 rings (SSSR count). The van der Waals surface area contributed by atoms with Crippen molar-refractivity contribution in [2.24, 2.45) is 0 Å². The Balaban J connectivity index is 1.46. The first-order valence-corrected chi connectivity index (χ1v) is 12.9. The summed E-state index contributed by atoms with van der Waals surface area (Å²) in [7, 11) is 3.37. The van der Waals surface area contributed by atoms with Gasteiger partial charge in [0.2, 0.25) is 0 Å². The molecule has 5 aromatic rings. The van der Waals surface area contributed by atoms with Gasteiger partial charge in [-0.2, -0.15) is 0 Å². The molecule has 0 unspecified atom stereocenters. The van der Waals surface area contributed by atoms with E-state index in [9.17, 15) is 0 Å². The summed E-state index contributed by atoms with van der Waals surface area (Å²) in [5.41, 5.74) is 3.90. The zero-order chi connectivity index (χ0) is 23.3. The largest absolute Gasteiger partial charge is 0.497 e. The molecule has 4 aromatic carbocycles. The fraction of sp³-hybridized carbons (Fsp3) is 0.143. The molecule has 6 heteroatoms. The highest BCUT2D eigenvalue weighted by Gasteiger charge is 2.12. The number of aromatic nitrogens is 2. The summed E-state index contributed by atoms with van der Waals surface area (Å²) in [5, 5.41) is 2.36. The maximum absolute atomic E-state index is 5.28. The van der Waals surface area contributed by atoms with Crippen molar-refractivity contribution < 1.29 is 9.47 Å². The van der Waals surface area contributed by atoms with Gasteiger partial charge in [-0.1, -0.05) is 24.3 Å². The molecule has 0 aliphatic heterocycles. The summed E-state index contributed by atoms with van der Waals surface area (Å²) in [6, 6.07) is 28.9. The summed E-state index contributed by atoms with van der Waals surface area (Å²) in [5.74, 6) is 3.22. The lowest BCUT2D eigenvalue weighted by Gasteiger charge is -2.11. The number of rotatable bonds is 8. The highest BCUT2D eigenvalue weighted by Crippen LogP contribution is 2.31. The lowest BCUT2D eigenvalue weighted by atomic mass is 10.1. The number of hydrogen-bond acceptors (Lipinski definition) is 6. The second-order valence-electron chi connectivity index (χ2n) is 7.73. The van der Waals surface area contributed by atoms with Crippen LogP contribution in [0, 0.1) is 0 Å². The summed E-state index contributed by atoms with van der Waals surface area (Å²) >= 11 is 3.52. The van der Waals surface area contributed by atoms with Gasteiger partial charge in [-0.15, -0.1) is 23.5 Å². The predicted molar refractivity (Wildman–Crippen MR) is 142 cm³/mol. The lowest BCUT2D eigenvalue weighted by Crippen LogP contribution is -2.01. The minimum absolute atomic E-state index is 0.751. The second kappa shape index (κ2) is 10.4. The quantitative estimate of drug-likeness (QED) is 0.169. The van der Waals surface area contributed by atoms with Crippen LogP contribution >= 0.6 is 23.5 Å². The van der Waals surface area contributed by atoms with Crippen LogP contribution in [0.5, 0.6) is 11.5 Å². The molecule has 0 aliphatic carbocycles. The monoisotopic (exact) mass is 484 g/mol. The van der Waals surface area contributed by atoms with E-state index in [-0.39, 0.29) is 0 Å². The number of methoxy groups -OCH3 is 2. The van der Waals surface area contributed by atoms with Crippen LogP contribution < -0.4 is 9.47 Å². The fourth-order valence-corrected chi connectivity index (χ4v) is 5.42. The standard InChI is InChI=1S/C28H24N2O2S2/c1-31-21-7-11-23(12-8-21)33-17-27-28(18-34-24-13-9-22(32-2)10-14-24)30-26-16-20-6-4-3-5-19(20)15-25(26)29-27/h3-16H,17-18H2,1-2H3. The molecule has 1 aromatic heterocycles. The third-order valence-corrected chi connectivity index (χ3v) is 7.60. The van der Waals surface area contributed by atoms with Crippen LogP contribution in [-0.4, -0.2) is 24.2 Å². The van der Waals surface area contributed by atoms with Gasteiger partial charge < -0.3 is 9.47 Å². The molecule has 0 aliphatic rings. The highest BCUT2D eigenvalue weighted by atomic mass is 32.2. The van der Waals surface area contributed by atoms with Crippen LogP contribution in [0.4, 0.5) is 0 Å². The van der Waals surface area contributed by atoms with Gasteiger partial charge >= 0.3 is 0 Å². The van der Waals surface area contributed by atoms with Gasteiger partial charge in [0.05, 0.1) is 36.6 Å². The van der Waals surface area contributed by atoms with Crippen LogP contribution in [0.3, 0.4) is 0 Å². The van der Waals surface area contributed by atoms with E-state index in [4.69, 9.17) is 19.4 Å².